The molecule has 0 bridgehead atoms. The van der Waals surface area contributed by atoms with Gasteiger partial charge in [0.25, 0.3) is 0 Å². The summed E-state index contributed by atoms with van der Waals surface area (Å²) in [7, 11) is 0. The Bertz CT molecular complexity index is 361. The molecule has 4 nitrogen and oxygen atoms in total. The van der Waals surface area contributed by atoms with Gasteiger partial charge in [0.1, 0.15) is 11.5 Å². The molecule has 0 aliphatic heterocycles. The highest BCUT2D eigenvalue weighted by atomic mass is 19.4. The Labute approximate surface area is 95.6 Å². The number of hydrogen-bond acceptors (Lipinski definition) is 4. The molecule has 0 spiro atoms. The molecule has 0 saturated carbocycles. The monoisotopic (exact) mass is 251 g/mol. The van der Waals surface area contributed by atoms with Crippen molar-refractivity contribution in [3.8, 4) is 11.5 Å². The van der Waals surface area contributed by atoms with Gasteiger partial charge in [-0.2, -0.15) is 18.7 Å². The second-order valence-corrected chi connectivity index (χ2v) is 3.53. The van der Waals surface area contributed by atoms with Crippen molar-refractivity contribution in [3.05, 3.63) is 23.8 Å². The van der Waals surface area contributed by atoms with Crippen LogP contribution in [0.25, 0.3) is 0 Å². The van der Waals surface area contributed by atoms with Crippen molar-refractivity contribution in [2.45, 2.75) is 19.1 Å². The molecule has 3 N–H and O–H groups in total. The van der Waals surface area contributed by atoms with Crippen LogP contribution in [0.3, 0.4) is 0 Å². The van der Waals surface area contributed by atoms with E-state index in [1.807, 2.05) is 0 Å². The molecule has 0 fully saturated rings. The highest BCUT2D eigenvalue weighted by molar-refractivity contribution is 5.37. The van der Waals surface area contributed by atoms with Crippen LogP contribution in [0, 0.1) is 0 Å². The first-order chi connectivity index (χ1) is 7.78. The molecule has 0 aromatic heterocycles. The zero-order valence-corrected chi connectivity index (χ0v) is 8.95. The molecular weight excluding hydrogens is 239 g/mol. The van der Waals surface area contributed by atoms with Gasteiger partial charge < -0.3 is 10.2 Å². The molecule has 0 aliphatic rings. The molecule has 0 saturated heterocycles. The molecule has 96 valence electrons. The number of nitrogens with one attached hydrogen (secondary N) is 1. The third-order valence-corrected chi connectivity index (χ3v) is 1.92. The number of phenols is 2. The average molecular weight is 251 g/mol. The Morgan fingerprint density at radius 1 is 1.24 bits per heavy atom. The molecule has 1 atom stereocenters. The number of aromatic hydroxyl groups is 2. The molecule has 0 radical (unpaired) electrons. The fourth-order valence-electron chi connectivity index (χ4n) is 1.18. The highest BCUT2D eigenvalue weighted by Gasteiger charge is 2.28. The maximum absolute atomic E-state index is 11.8. The molecular formula is C10H12F3NO3. The van der Waals surface area contributed by atoms with E-state index >= 15 is 0 Å². The van der Waals surface area contributed by atoms with E-state index in [1.54, 1.807) is 0 Å². The summed E-state index contributed by atoms with van der Waals surface area (Å²) in [6.07, 6.45) is -4.41. The zero-order valence-electron chi connectivity index (χ0n) is 8.95. The van der Waals surface area contributed by atoms with Crippen LogP contribution in [0.2, 0.25) is 0 Å². The van der Waals surface area contributed by atoms with E-state index < -0.39 is 18.8 Å². The van der Waals surface area contributed by atoms with Crippen molar-refractivity contribution in [1.29, 1.82) is 0 Å². The van der Waals surface area contributed by atoms with Gasteiger partial charge in [0.15, 0.2) is 6.61 Å². The Morgan fingerprint density at radius 3 is 2.24 bits per heavy atom. The van der Waals surface area contributed by atoms with Crippen molar-refractivity contribution in [2.24, 2.45) is 0 Å². The van der Waals surface area contributed by atoms with Crippen molar-refractivity contribution in [3.63, 3.8) is 0 Å². The molecule has 1 unspecified atom stereocenters. The van der Waals surface area contributed by atoms with Crippen LogP contribution in [0.4, 0.5) is 13.2 Å². The van der Waals surface area contributed by atoms with E-state index in [0.717, 1.165) is 6.07 Å². The molecule has 7 heteroatoms. The first-order valence-electron chi connectivity index (χ1n) is 4.75. The van der Waals surface area contributed by atoms with Crippen molar-refractivity contribution < 1.29 is 28.2 Å². The van der Waals surface area contributed by atoms with E-state index in [9.17, 15) is 23.4 Å². The topological polar surface area (TPSA) is 61.7 Å². The minimum Gasteiger partial charge on any atom is -0.508 e. The van der Waals surface area contributed by atoms with Crippen LogP contribution >= 0.6 is 0 Å². The third-order valence-electron chi connectivity index (χ3n) is 1.92. The van der Waals surface area contributed by atoms with Gasteiger partial charge in [-0.15, -0.1) is 0 Å². The smallest absolute Gasteiger partial charge is 0.413 e. The lowest BCUT2D eigenvalue weighted by Gasteiger charge is -2.15. The summed E-state index contributed by atoms with van der Waals surface area (Å²) < 4.78 is 35.4. The molecule has 0 aliphatic carbocycles. The van der Waals surface area contributed by atoms with Crippen LogP contribution in [0.5, 0.6) is 11.5 Å². The summed E-state index contributed by atoms with van der Waals surface area (Å²) in [5.74, 6) is -0.353. The summed E-state index contributed by atoms with van der Waals surface area (Å²) in [4.78, 5) is 4.26. The predicted octanol–water partition coefficient (Wildman–Crippen LogP) is 2.24. The number of phenolic OH excluding ortho intramolecular Hbond substituents is 2. The number of hydrogen-bond donors (Lipinski definition) is 3. The Hall–Kier alpha value is -1.47. The maximum atomic E-state index is 11.8. The number of alkyl halides is 3. The summed E-state index contributed by atoms with van der Waals surface area (Å²) in [5, 5.41) is 18.4. The Balaban J connectivity index is 2.55. The molecule has 1 aromatic rings. The van der Waals surface area contributed by atoms with Gasteiger partial charge in [-0.3, -0.25) is 4.84 Å². The fraction of sp³-hybridized carbons (Fsp3) is 0.400. The van der Waals surface area contributed by atoms with Gasteiger partial charge in [-0.05, 0) is 24.6 Å². The minimum atomic E-state index is -4.41. The van der Waals surface area contributed by atoms with Gasteiger partial charge in [0.2, 0.25) is 0 Å². The quantitative estimate of drug-likeness (QED) is 0.718. The molecule has 0 amide bonds. The van der Waals surface area contributed by atoms with E-state index in [-0.39, 0.29) is 11.5 Å². The lowest BCUT2D eigenvalue weighted by Crippen LogP contribution is -2.26. The average Bonchev–Trinajstić information content (AvgIpc) is 2.13. The van der Waals surface area contributed by atoms with Crippen LogP contribution < -0.4 is 5.48 Å². The van der Waals surface area contributed by atoms with E-state index in [2.05, 4.69) is 10.3 Å². The van der Waals surface area contributed by atoms with Crippen LogP contribution in [0.15, 0.2) is 18.2 Å². The van der Waals surface area contributed by atoms with Gasteiger partial charge in [-0.25, -0.2) is 0 Å². The van der Waals surface area contributed by atoms with E-state index in [0.29, 0.717) is 5.56 Å². The van der Waals surface area contributed by atoms with Gasteiger partial charge >= 0.3 is 6.18 Å². The molecule has 17 heavy (non-hydrogen) atoms. The third kappa shape index (κ3) is 4.92. The van der Waals surface area contributed by atoms with Crippen molar-refractivity contribution >= 4 is 0 Å². The summed E-state index contributed by atoms with van der Waals surface area (Å²) >= 11 is 0. The maximum Gasteiger partial charge on any atom is 0.413 e. The second-order valence-electron chi connectivity index (χ2n) is 3.53. The minimum absolute atomic E-state index is 0.176. The normalized spacial score (nSPS) is 13.6. The zero-order chi connectivity index (χ0) is 13.1. The summed E-state index contributed by atoms with van der Waals surface area (Å²) in [6.45, 7) is 0.118. The first-order valence-corrected chi connectivity index (χ1v) is 4.75. The molecule has 1 rings (SSSR count). The molecule has 1 aromatic carbocycles. The standard InChI is InChI=1S/C10H12F3NO3/c1-6(14-17-5-10(11,12)13)7-2-8(15)4-9(16)3-7/h2-4,6,14-16H,5H2,1H3. The number of hydroxylamine groups is 1. The van der Waals surface area contributed by atoms with Gasteiger partial charge in [-0.1, -0.05) is 0 Å². The summed E-state index contributed by atoms with van der Waals surface area (Å²) in [5.41, 5.74) is 2.57. The number of halogens is 3. The highest BCUT2D eigenvalue weighted by Crippen LogP contribution is 2.24. The fourth-order valence-corrected chi connectivity index (χ4v) is 1.18. The lowest BCUT2D eigenvalue weighted by molar-refractivity contribution is -0.192. The van der Waals surface area contributed by atoms with Crippen molar-refractivity contribution in [2.75, 3.05) is 6.61 Å². The lowest BCUT2D eigenvalue weighted by atomic mass is 10.1. The molecule has 0 heterocycles. The first kappa shape index (κ1) is 13.6. The Kier molecular flexibility index (Phi) is 4.19. The van der Waals surface area contributed by atoms with Crippen molar-refractivity contribution in [1.82, 2.24) is 5.48 Å². The summed E-state index contributed by atoms with van der Waals surface area (Å²) in [6, 6.07) is 3.14. The largest absolute Gasteiger partial charge is 0.508 e. The van der Waals surface area contributed by atoms with E-state index in [4.69, 9.17) is 0 Å². The van der Waals surface area contributed by atoms with Crippen LogP contribution in [-0.2, 0) is 4.84 Å². The second kappa shape index (κ2) is 5.24. The Morgan fingerprint density at radius 2 is 1.76 bits per heavy atom. The van der Waals surface area contributed by atoms with Crippen LogP contribution in [0.1, 0.15) is 18.5 Å². The van der Waals surface area contributed by atoms with E-state index in [1.165, 1.54) is 19.1 Å². The van der Waals surface area contributed by atoms with Gasteiger partial charge in [0.05, 0.1) is 6.04 Å². The van der Waals surface area contributed by atoms with Gasteiger partial charge in [0, 0.05) is 6.07 Å². The number of rotatable bonds is 4. The SMILES string of the molecule is CC(NOCC(F)(F)F)c1cc(O)cc(O)c1. The number of benzene rings is 1. The predicted molar refractivity (Wildman–Crippen MR) is 53.3 cm³/mol. The van der Waals surface area contributed by atoms with Crippen LogP contribution in [-0.4, -0.2) is 23.0 Å².